The van der Waals surface area contributed by atoms with Crippen molar-refractivity contribution in [2.45, 2.75) is 19.8 Å². The van der Waals surface area contributed by atoms with Gasteiger partial charge in [-0.25, -0.2) is 14.3 Å². The van der Waals surface area contributed by atoms with E-state index in [4.69, 9.17) is 4.74 Å². The number of carbonyl (C=O) groups excluding carboxylic acids is 1. The monoisotopic (exact) mass is 296 g/mol. The summed E-state index contributed by atoms with van der Waals surface area (Å²) in [7, 11) is 0. The summed E-state index contributed by atoms with van der Waals surface area (Å²) in [5.41, 5.74) is 0.612. The Morgan fingerprint density at radius 2 is 2.35 bits per heavy atom. The molecule has 0 aromatic carbocycles. The zero-order valence-corrected chi connectivity index (χ0v) is 11.1. The van der Waals surface area contributed by atoms with E-state index >= 15 is 0 Å². The smallest absolute Gasteiger partial charge is 0.419 e. The fraction of sp³-hybridized carbons (Fsp3) is 0.333. The SMILES string of the molecule is CCCCOC(=O)n1ccc2c(Br)ccnc21. The second-order valence-electron chi connectivity index (χ2n) is 3.68. The Balaban J connectivity index is 2.24. The van der Waals surface area contributed by atoms with Crippen LogP contribution in [0.5, 0.6) is 0 Å². The number of hydrogen-bond donors (Lipinski definition) is 0. The van der Waals surface area contributed by atoms with Crippen LogP contribution in [0, 0.1) is 0 Å². The topological polar surface area (TPSA) is 44.1 Å². The first-order valence-corrected chi connectivity index (χ1v) is 6.32. The molecule has 2 heterocycles. The van der Waals surface area contributed by atoms with Crippen LogP contribution in [0.3, 0.4) is 0 Å². The highest BCUT2D eigenvalue weighted by molar-refractivity contribution is 9.10. The lowest BCUT2D eigenvalue weighted by atomic mass is 10.3. The van der Waals surface area contributed by atoms with E-state index in [9.17, 15) is 4.79 Å². The molecule has 17 heavy (non-hydrogen) atoms. The van der Waals surface area contributed by atoms with Gasteiger partial charge in [0, 0.05) is 22.3 Å². The molecule has 0 aliphatic carbocycles. The highest BCUT2D eigenvalue weighted by atomic mass is 79.9. The van der Waals surface area contributed by atoms with Crippen LogP contribution < -0.4 is 0 Å². The number of carbonyl (C=O) groups is 1. The standard InChI is InChI=1S/C12H13BrN2O2/c1-2-3-8-17-12(16)15-7-5-9-10(13)4-6-14-11(9)15/h4-7H,2-3,8H2,1H3. The van der Waals surface area contributed by atoms with Crippen LogP contribution in [0.25, 0.3) is 11.0 Å². The number of fused-ring (bicyclic) bond motifs is 1. The number of rotatable bonds is 3. The van der Waals surface area contributed by atoms with Crippen LogP contribution in [0.15, 0.2) is 29.0 Å². The Bertz CT molecular complexity index is 536. The lowest BCUT2D eigenvalue weighted by molar-refractivity contribution is 0.147. The predicted octanol–water partition coefficient (Wildman–Crippen LogP) is 3.58. The molecular weight excluding hydrogens is 284 g/mol. The minimum absolute atomic E-state index is 0.376. The Morgan fingerprint density at radius 3 is 3.12 bits per heavy atom. The minimum Gasteiger partial charge on any atom is -0.449 e. The van der Waals surface area contributed by atoms with Gasteiger partial charge in [-0.3, -0.25) is 0 Å². The number of aromatic nitrogens is 2. The number of ether oxygens (including phenoxy) is 1. The summed E-state index contributed by atoms with van der Waals surface area (Å²) in [6, 6.07) is 3.68. The number of halogens is 1. The first-order chi connectivity index (χ1) is 8.24. The molecule has 0 saturated heterocycles. The molecule has 2 aromatic rings. The molecule has 0 fully saturated rings. The van der Waals surface area contributed by atoms with Crippen molar-refractivity contribution in [3.63, 3.8) is 0 Å². The molecule has 0 bridgehead atoms. The van der Waals surface area contributed by atoms with Crippen LogP contribution in [0.2, 0.25) is 0 Å². The number of hydrogen-bond acceptors (Lipinski definition) is 3. The Morgan fingerprint density at radius 1 is 1.53 bits per heavy atom. The average molecular weight is 297 g/mol. The number of unbranched alkanes of at least 4 members (excludes halogenated alkanes) is 1. The van der Waals surface area contributed by atoms with Crippen molar-refractivity contribution < 1.29 is 9.53 Å². The third-order valence-corrected chi connectivity index (χ3v) is 3.15. The van der Waals surface area contributed by atoms with Crippen molar-refractivity contribution in [2.24, 2.45) is 0 Å². The Labute approximate surface area is 108 Å². The first kappa shape index (κ1) is 12.1. The van der Waals surface area contributed by atoms with Crippen LogP contribution in [-0.4, -0.2) is 22.3 Å². The molecule has 0 spiro atoms. The average Bonchev–Trinajstić information content (AvgIpc) is 2.74. The maximum atomic E-state index is 11.8. The predicted molar refractivity (Wildman–Crippen MR) is 69.1 cm³/mol. The second kappa shape index (κ2) is 5.31. The molecule has 0 unspecified atom stereocenters. The second-order valence-corrected chi connectivity index (χ2v) is 4.54. The van der Waals surface area contributed by atoms with E-state index in [2.05, 4.69) is 27.8 Å². The van der Waals surface area contributed by atoms with Gasteiger partial charge in [0.05, 0.1) is 6.61 Å². The van der Waals surface area contributed by atoms with E-state index in [0.717, 1.165) is 22.7 Å². The molecular formula is C12H13BrN2O2. The molecule has 2 rings (SSSR count). The van der Waals surface area contributed by atoms with E-state index in [1.54, 1.807) is 12.4 Å². The summed E-state index contributed by atoms with van der Waals surface area (Å²) in [5.74, 6) is 0. The Hall–Kier alpha value is -1.36. The summed E-state index contributed by atoms with van der Waals surface area (Å²) >= 11 is 3.42. The quantitative estimate of drug-likeness (QED) is 0.813. The van der Waals surface area contributed by atoms with Crippen molar-refractivity contribution in [3.05, 3.63) is 29.0 Å². The first-order valence-electron chi connectivity index (χ1n) is 5.52. The summed E-state index contributed by atoms with van der Waals surface area (Å²) in [5, 5.41) is 0.903. The summed E-state index contributed by atoms with van der Waals surface area (Å²) < 4.78 is 7.49. The van der Waals surface area contributed by atoms with E-state index in [-0.39, 0.29) is 6.09 Å². The van der Waals surface area contributed by atoms with Crippen LogP contribution in [-0.2, 0) is 4.74 Å². The number of pyridine rings is 1. The third-order valence-electron chi connectivity index (χ3n) is 2.45. The van der Waals surface area contributed by atoms with Gasteiger partial charge in [0.15, 0.2) is 5.65 Å². The Kier molecular flexibility index (Phi) is 3.78. The van der Waals surface area contributed by atoms with Gasteiger partial charge in [0.2, 0.25) is 0 Å². The van der Waals surface area contributed by atoms with Gasteiger partial charge < -0.3 is 4.74 Å². The van der Waals surface area contributed by atoms with Gasteiger partial charge in [0.25, 0.3) is 0 Å². The highest BCUT2D eigenvalue weighted by Crippen LogP contribution is 2.22. The minimum atomic E-state index is -0.376. The summed E-state index contributed by atoms with van der Waals surface area (Å²) in [4.78, 5) is 16.0. The zero-order valence-electron chi connectivity index (χ0n) is 9.52. The van der Waals surface area contributed by atoms with Gasteiger partial charge in [0.1, 0.15) is 0 Å². The zero-order chi connectivity index (χ0) is 12.3. The molecule has 2 aromatic heterocycles. The van der Waals surface area contributed by atoms with Gasteiger partial charge in [-0.2, -0.15) is 0 Å². The summed E-state index contributed by atoms with van der Waals surface area (Å²) in [6.45, 7) is 2.50. The lowest BCUT2D eigenvalue weighted by Gasteiger charge is -2.05. The van der Waals surface area contributed by atoms with E-state index in [1.807, 2.05) is 12.1 Å². The summed E-state index contributed by atoms with van der Waals surface area (Å²) in [6.07, 6.45) is 4.84. The molecule has 0 radical (unpaired) electrons. The van der Waals surface area contributed by atoms with Crippen LogP contribution >= 0.6 is 15.9 Å². The van der Waals surface area contributed by atoms with Gasteiger partial charge in [-0.05, 0) is 34.5 Å². The van der Waals surface area contributed by atoms with E-state index in [0.29, 0.717) is 12.3 Å². The highest BCUT2D eigenvalue weighted by Gasteiger charge is 2.12. The van der Waals surface area contributed by atoms with Crippen molar-refractivity contribution in [1.29, 1.82) is 0 Å². The fourth-order valence-corrected chi connectivity index (χ4v) is 1.95. The molecule has 5 heteroatoms. The maximum absolute atomic E-state index is 11.8. The third kappa shape index (κ3) is 2.49. The molecule has 0 amide bonds. The van der Waals surface area contributed by atoms with Crippen LogP contribution in [0.1, 0.15) is 19.8 Å². The van der Waals surface area contributed by atoms with Gasteiger partial charge in [-0.15, -0.1) is 0 Å². The maximum Gasteiger partial charge on any atom is 0.419 e. The normalized spacial score (nSPS) is 10.7. The number of nitrogens with zero attached hydrogens (tertiary/aromatic N) is 2. The van der Waals surface area contributed by atoms with Crippen molar-refractivity contribution in [3.8, 4) is 0 Å². The van der Waals surface area contributed by atoms with Crippen molar-refractivity contribution in [1.82, 2.24) is 9.55 Å². The molecule has 0 atom stereocenters. The van der Waals surface area contributed by atoms with E-state index in [1.165, 1.54) is 4.57 Å². The fourth-order valence-electron chi connectivity index (χ4n) is 1.53. The molecule has 4 nitrogen and oxygen atoms in total. The van der Waals surface area contributed by atoms with Gasteiger partial charge in [-0.1, -0.05) is 13.3 Å². The van der Waals surface area contributed by atoms with Crippen molar-refractivity contribution in [2.75, 3.05) is 6.61 Å². The van der Waals surface area contributed by atoms with Gasteiger partial charge >= 0.3 is 6.09 Å². The van der Waals surface area contributed by atoms with Crippen LogP contribution in [0.4, 0.5) is 4.79 Å². The largest absolute Gasteiger partial charge is 0.449 e. The lowest BCUT2D eigenvalue weighted by Crippen LogP contribution is -2.13. The molecule has 0 aliphatic rings. The van der Waals surface area contributed by atoms with E-state index < -0.39 is 0 Å². The molecule has 0 N–H and O–H groups in total. The van der Waals surface area contributed by atoms with Crippen molar-refractivity contribution >= 4 is 33.1 Å². The molecule has 0 saturated carbocycles. The molecule has 90 valence electrons. The molecule has 0 aliphatic heterocycles.